The van der Waals surface area contributed by atoms with Crippen molar-refractivity contribution < 1.29 is 19.4 Å². The Kier molecular flexibility index (Phi) is 8.48. The molecule has 1 amide bonds. The maximum Gasteiger partial charge on any atom is 0.418 e. The van der Waals surface area contributed by atoms with Crippen molar-refractivity contribution in [1.82, 2.24) is 0 Å². The van der Waals surface area contributed by atoms with Gasteiger partial charge in [0.1, 0.15) is 11.4 Å². The summed E-state index contributed by atoms with van der Waals surface area (Å²) in [6.07, 6.45) is 3.96. The molecule has 0 aliphatic heterocycles. The topological polar surface area (TPSA) is 59.0 Å². The van der Waals surface area contributed by atoms with Crippen LogP contribution in [0.15, 0.2) is 66.9 Å². The minimum Gasteiger partial charge on any atom is -0.497 e. The van der Waals surface area contributed by atoms with E-state index < -0.39 is 17.8 Å². The van der Waals surface area contributed by atoms with Crippen LogP contribution >= 0.6 is 0 Å². The number of amides is 1. The Morgan fingerprint density at radius 3 is 2.30 bits per heavy atom. The highest BCUT2D eigenvalue weighted by molar-refractivity contribution is 5.90. The molecule has 0 saturated carbocycles. The van der Waals surface area contributed by atoms with Gasteiger partial charge in [-0.15, -0.1) is 0 Å². The van der Waals surface area contributed by atoms with Crippen molar-refractivity contribution in [2.45, 2.75) is 52.2 Å². The fraction of sp³-hybridized carbons (Fsp3) is 0.400. The van der Waals surface area contributed by atoms with E-state index in [9.17, 15) is 9.90 Å². The number of methoxy groups -OCH3 is 1. The third-order valence-corrected chi connectivity index (χ3v) is 4.66. The van der Waals surface area contributed by atoms with Crippen molar-refractivity contribution in [2.24, 2.45) is 5.92 Å². The first kappa shape index (κ1) is 23.5. The van der Waals surface area contributed by atoms with Crippen LogP contribution in [0.2, 0.25) is 0 Å². The van der Waals surface area contributed by atoms with E-state index in [4.69, 9.17) is 9.47 Å². The normalized spacial score (nSPS) is 13.7. The zero-order valence-electron chi connectivity index (χ0n) is 18.5. The first-order valence-corrected chi connectivity index (χ1v) is 10.3. The van der Waals surface area contributed by atoms with Crippen LogP contribution in [-0.2, 0) is 11.2 Å². The molecule has 2 aromatic carbocycles. The number of hydrogen-bond acceptors (Lipinski definition) is 4. The molecule has 0 unspecified atom stereocenters. The molecular weight excluding hydrogens is 378 g/mol. The fourth-order valence-electron chi connectivity index (χ4n) is 2.88. The van der Waals surface area contributed by atoms with Crippen LogP contribution in [0.5, 0.6) is 5.75 Å². The van der Waals surface area contributed by atoms with Crippen molar-refractivity contribution in [3.05, 3.63) is 72.4 Å². The minimum absolute atomic E-state index is 0.128. The minimum atomic E-state index is -0.615. The number of carbonyl (C=O) groups excluding carboxylic acids is 1. The molecule has 0 aliphatic rings. The standard InChI is InChI=1S/C25H33NO4/c1-19(23(27)16-11-20-9-7-6-8-10-20)17-18-26(24(28)30-25(2,3)4)21-12-14-22(29-5)15-13-21/h6-10,12-15,17-19,23,27H,11,16H2,1-5H3/b18-17-/t19-,23+/m1/s1. The summed E-state index contributed by atoms with van der Waals surface area (Å²) in [7, 11) is 1.60. The van der Waals surface area contributed by atoms with E-state index in [-0.39, 0.29) is 5.92 Å². The van der Waals surface area contributed by atoms with Gasteiger partial charge in [0.05, 0.1) is 18.9 Å². The quantitative estimate of drug-likeness (QED) is 0.616. The molecule has 2 rings (SSSR count). The second kappa shape index (κ2) is 10.8. The van der Waals surface area contributed by atoms with Gasteiger partial charge in [0.2, 0.25) is 0 Å². The molecule has 0 aliphatic carbocycles. The molecule has 0 aromatic heterocycles. The Balaban J connectivity index is 2.10. The molecule has 0 saturated heterocycles. The molecule has 5 heteroatoms. The van der Waals surface area contributed by atoms with Gasteiger partial charge in [-0.05, 0) is 63.4 Å². The molecule has 5 nitrogen and oxygen atoms in total. The molecular formula is C25H33NO4. The summed E-state index contributed by atoms with van der Waals surface area (Å²) in [5.41, 5.74) is 1.24. The second-order valence-electron chi connectivity index (χ2n) is 8.34. The molecule has 0 radical (unpaired) electrons. The van der Waals surface area contributed by atoms with Crippen LogP contribution in [0.3, 0.4) is 0 Å². The van der Waals surface area contributed by atoms with E-state index in [0.29, 0.717) is 17.9 Å². The average Bonchev–Trinajstić information content (AvgIpc) is 2.72. The van der Waals surface area contributed by atoms with Gasteiger partial charge in [0.25, 0.3) is 0 Å². The Labute approximate surface area is 179 Å². The average molecular weight is 412 g/mol. The third-order valence-electron chi connectivity index (χ3n) is 4.66. The molecule has 0 bridgehead atoms. The summed E-state index contributed by atoms with van der Waals surface area (Å²) in [5.74, 6) is 0.577. The lowest BCUT2D eigenvalue weighted by Crippen LogP contribution is -2.33. The monoisotopic (exact) mass is 411 g/mol. The predicted octanol–water partition coefficient (Wildman–Crippen LogP) is 5.58. The van der Waals surface area contributed by atoms with Gasteiger partial charge in [-0.3, -0.25) is 4.90 Å². The smallest absolute Gasteiger partial charge is 0.418 e. The largest absolute Gasteiger partial charge is 0.497 e. The predicted molar refractivity (Wildman–Crippen MR) is 121 cm³/mol. The highest BCUT2D eigenvalue weighted by Crippen LogP contribution is 2.23. The van der Waals surface area contributed by atoms with Crippen LogP contribution in [0.25, 0.3) is 0 Å². The van der Waals surface area contributed by atoms with E-state index in [1.165, 1.54) is 10.5 Å². The van der Waals surface area contributed by atoms with Gasteiger partial charge in [0.15, 0.2) is 0 Å². The number of anilines is 1. The number of aryl methyl sites for hydroxylation is 1. The fourth-order valence-corrected chi connectivity index (χ4v) is 2.88. The van der Waals surface area contributed by atoms with Crippen LogP contribution in [0, 0.1) is 5.92 Å². The van der Waals surface area contributed by atoms with Crippen molar-refractivity contribution in [1.29, 1.82) is 0 Å². The summed E-state index contributed by atoms with van der Waals surface area (Å²) in [5, 5.41) is 10.6. The summed E-state index contributed by atoms with van der Waals surface area (Å²) < 4.78 is 10.7. The lowest BCUT2D eigenvalue weighted by atomic mass is 9.98. The van der Waals surface area contributed by atoms with Gasteiger partial charge < -0.3 is 14.6 Å². The van der Waals surface area contributed by atoms with Crippen molar-refractivity contribution in [2.75, 3.05) is 12.0 Å². The van der Waals surface area contributed by atoms with E-state index in [2.05, 4.69) is 12.1 Å². The Bertz CT molecular complexity index is 809. The molecule has 162 valence electrons. The molecule has 0 spiro atoms. The first-order valence-electron chi connectivity index (χ1n) is 10.3. The SMILES string of the molecule is COc1ccc(N(/C=C\[C@@H](C)[C@@H](O)CCc2ccccc2)C(=O)OC(C)(C)C)cc1. The summed E-state index contributed by atoms with van der Waals surface area (Å²) in [4.78, 5) is 14.2. The van der Waals surface area contributed by atoms with Gasteiger partial charge in [0, 0.05) is 12.1 Å². The lowest BCUT2D eigenvalue weighted by molar-refractivity contribution is 0.0595. The molecule has 2 aromatic rings. The number of rotatable bonds is 8. The van der Waals surface area contributed by atoms with Crippen LogP contribution in [0.1, 0.15) is 39.7 Å². The van der Waals surface area contributed by atoms with Gasteiger partial charge in [-0.2, -0.15) is 0 Å². The maximum absolute atomic E-state index is 12.8. The molecule has 1 N–H and O–H groups in total. The van der Waals surface area contributed by atoms with E-state index in [0.717, 1.165) is 6.42 Å². The Hall–Kier alpha value is -2.79. The first-order chi connectivity index (χ1) is 14.2. The van der Waals surface area contributed by atoms with Crippen LogP contribution in [-0.4, -0.2) is 30.0 Å². The summed E-state index contributed by atoms with van der Waals surface area (Å²) >= 11 is 0. The number of benzene rings is 2. The highest BCUT2D eigenvalue weighted by Gasteiger charge is 2.22. The Morgan fingerprint density at radius 1 is 1.10 bits per heavy atom. The lowest BCUT2D eigenvalue weighted by Gasteiger charge is -2.26. The van der Waals surface area contributed by atoms with Crippen molar-refractivity contribution >= 4 is 11.8 Å². The molecule has 0 fully saturated rings. The van der Waals surface area contributed by atoms with Gasteiger partial charge >= 0.3 is 6.09 Å². The van der Waals surface area contributed by atoms with Crippen molar-refractivity contribution in [3.8, 4) is 5.75 Å². The van der Waals surface area contributed by atoms with E-state index in [1.807, 2.05) is 52.0 Å². The van der Waals surface area contributed by atoms with Crippen LogP contribution in [0.4, 0.5) is 10.5 Å². The Morgan fingerprint density at radius 2 is 1.73 bits per heavy atom. The highest BCUT2D eigenvalue weighted by atomic mass is 16.6. The third kappa shape index (κ3) is 7.56. The van der Waals surface area contributed by atoms with Gasteiger partial charge in [-0.1, -0.05) is 43.3 Å². The zero-order chi connectivity index (χ0) is 22.1. The maximum atomic E-state index is 12.8. The van der Waals surface area contributed by atoms with Gasteiger partial charge in [-0.25, -0.2) is 4.79 Å². The zero-order valence-corrected chi connectivity index (χ0v) is 18.5. The van der Waals surface area contributed by atoms with Crippen LogP contribution < -0.4 is 9.64 Å². The van der Waals surface area contributed by atoms with E-state index in [1.54, 1.807) is 37.6 Å². The number of carbonyl (C=O) groups is 1. The van der Waals surface area contributed by atoms with E-state index >= 15 is 0 Å². The number of hydrogen-bond donors (Lipinski definition) is 1. The number of aliphatic hydroxyl groups excluding tert-OH is 1. The number of nitrogens with zero attached hydrogens (tertiary/aromatic N) is 1. The molecule has 0 heterocycles. The number of aliphatic hydroxyl groups is 1. The molecule has 30 heavy (non-hydrogen) atoms. The summed E-state index contributed by atoms with van der Waals surface area (Å²) in [6.45, 7) is 7.43. The summed E-state index contributed by atoms with van der Waals surface area (Å²) in [6, 6.07) is 17.3. The molecule has 2 atom stereocenters. The second-order valence-corrected chi connectivity index (χ2v) is 8.34. The van der Waals surface area contributed by atoms with Crippen molar-refractivity contribution in [3.63, 3.8) is 0 Å². The number of ether oxygens (including phenoxy) is 2.